The Morgan fingerprint density at radius 2 is 2.22 bits per heavy atom. The summed E-state index contributed by atoms with van der Waals surface area (Å²) >= 11 is 6.02. The maximum absolute atomic E-state index is 6.02. The van der Waals surface area contributed by atoms with Crippen molar-refractivity contribution < 1.29 is 0 Å². The Hall–Kier alpha value is -1.06. The highest BCUT2D eigenvalue weighted by atomic mass is 35.5. The number of benzene rings is 1. The van der Waals surface area contributed by atoms with Crippen LogP contribution in [0.1, 0.15) is 12.2 Å². The first-order valence-corrected chi connectivity index (χ1v) is 7.00. The number of alkyl halides is 1. The van der Waals surface area contributed by atoms with E-state index in [2.05, 4.69) is 39.7 Å². The van der Waals surface area contributed by atoms with Crippen LogP contribution in [-0.4, -0.2) is 34.6 Å². The highest BCUT2D eigenvalue weighted by molar-refractivity contribution is 6.16. The zero-order valence-electron chi connectivity index (χ0n) is 10.6. The summed E-state index contributed by atoms with van der Waals surface area (Å²) < 4.78 is 2.30. The molecule has 3 nitrogen and oxygen atoms in total. The lowest BCUT2D eigenvalue weighted by molar-refractivity contribution is 0.378. The van der Waals surface area contributed by atoms with Gasteiger partial charge in [0.2, 0.25) is 0 Å². The standard InChI is InChI=1S/C14H18ClN3/c1-17-7-6-11(9-17)10-18-13-5-3-2-4-12(13)16-14(18)8-15/h2-5,11H,6-10H2,1H3. The van der Waals surface area contributed by atoms with Crippen molar-refractivity contribution in [3.63, 3.8) is 0 Å². The number of likely N-dealkylation sites (tertiary alicyclic amines) is 1. The largest absolute Gasteiger partial charge is 0.327 e. The molecule has 2 heterocycles. The second-order valence-corrected chi connectivity index (χ2v) is 5.45. The Labute approximate surface area is 112 Å². The normalized spacial score (nSPS) is 20.9. The molecular weight excluding hydrogens is 246 g/mol. The van der Waals surface area contributed by atoms with Crippen molar-refractivity contribution in [1.29, 1.82) is 0 Å². The molecule has 0 bridgehead atoms. The molecule has 2 aromatic rings. The molecule has 1 saturated heterocycles. The van der Waals surface area contributed by atoms with Crippen molar-refractivity contribution in [2.75, 3.05) is 20.1 Å². The summed E-state index contributed by atoms with van der Waals surface area (Å²) in [4.78, 5) is 7.00. The van der Waals surface area contributed by atoms with Crippen LogP contribution in [0.4, 0.5) is 0 Å². The zero-order valence-corrected chi connectivity index (χ0v) is 11.4. The van der Waals surface area contributed by atoms with E-state index in [4.69, 9.17) is 11.6 Å². The minimum absolute atomic E-state index is 0.483. The van der Waals surface area contributed by atoms with Crippen molar-refractivity contribution in [3.8, 4) is 0 Å². The number of imidazole rings is 1. The van der Waals surface area contributed by atoms with Crippen molar-refractivity contribution >= 4 is 22.6 Å². The Bertz CT molecular complexity index is 549. The Morgan fingerprint density at radius 1 is 1.39 bits per heavy atom. The van der Waals surface area contributed by atoms with E-state index in [1.54, 1.807) is 0 Å². The van der Waals surface area contributed by atoms with Gasteiger partial charge in [-0.1, -0.05) is 12.1 Å². The van der Waals surface area contributed by atoms with Crippen molar-refractivity contribution in [3.05, 3.63) is 30.1 Å². The molecule has 1 aliphatic rings. The maximum Gasteiger partial charge on any atom is 0.124 e. The summed E-state index contributed by atoms with van der Waals surface area (Å²) in [7, 11) is 2.19. The molecule has 0 N–H and O–H groups in total. The van der Waals surface area contributed by atoms with Crippen LogP contribution in [0.3, 0.4) is 0 Å². The number of halogens is 1. The average molecular weight is 264 g/mol. The predicted molar refractivity (Wildman–Crippen MR) is 74.9 cm³/mol. The lowest BCUT2D eigenvalue weighted by atomic mass is 10.1. The Morgan fingerprint density at radius 3 is 2.94 bits per heavy atom. The summed E-state index contributed by atoms with van der Waals surface area (Å²) in [6, 6.07) is 8.29. The van der Waals surface area contributed by atoms with Gasteiger partial charge in [-0.25, -0.2) is 4.98 Å². The molecular formula is C14H18ClN3. The van der Waals surface area contributed by atoms with Crippen molar-refractivity contribution in [2.45, 2.75) is 18.8 Å². The van der Waals surface area contributed by atoms with E-state index in [9.17, 15) is 0 Å². The first-order valence-electron chi connectivity index (χ1n) is 6.46. The van der Waals surface area contributed by atoms with Crippen LogP contribution in [0.15, 0.2) is 24.3 Å². The van der Waals surface area contributed by atoms with Gasteiger partial charge in [-0.2, -0.15) is 0 Å². The molecule has 0 amide bonds. The molecule has 1 aliphatic heterocycles. The number of aromatic nitrogens is 2. The van der Waals surface area contributed by atoms with E-state index >= 15 is 0 Å². The number of para-hydroxylation sites is 2. The molecule has 1 unspecified atom stereocenters. The third-order valence-corrected chi connectivity index (χ3v) is 4.02. The fourth-order valence-electron chi connectivity index (χ4n) is 2.86. The molecule has 4 heteroatoms. The number of rotatable bonds is 3. The van der Waals surface area contributed by atoms with Gasteiger partial charge in [-0.15, -0.1) is 11.6 Å². The van der Waals surface area contributed by atoms with Crippen LogP contribution in [0.25, 0.3) is 11.0 Å². The third kappa shape index (κ3) is 2.13. The van der Waals surface area contributed by atoms with Crippen LogP contribution < -0.4 is 0 Å². The van der Waals surface area contributed by atoms with E-state index in [1.807, 2.05) is 6.07 Å². The van der Waals surface area contributed by atoms with Gasteiger partial charge in [0.05, 0.1) is 16.9 Å². The van der Waals surface area contributed by atoms with Crippen LogP contribution in [0, 0.1) is 5.92 Å². The first-order chi connectivity index (χ1) is 8.78. The average Bonchev–Trinajstić information content (AvgIpc) is 2.94. The highest BCUT2D eigenvalue weighted by Crippen LogP contribution is 2.22. The minimum Gasteiger partial charge on any atom is -0.327 e. The molecule has 0 aliphatic carbocycles. The van der Waals surface area contributed by atoms with Crippen molar-refractivity contribution in [2.24, 2.45) is 5.92 Å². The topological polar surface area (TPSA) is 21.1 Å². The van der Waals surface area contributed by atoms with E-state index in [0.29, 0.717) is 5.88 Å². The Kier molecular flexibility index (Phi) is 3.27. The second kappa shape index (κ2) is 4.90. The van der Waals surface area contributed by atoms with Crippen LogP contribution in [-0.2, 0) is 12.4 Å². The lowest BCUT2D eigenvalue weighted by Crippen LogP contribution is -2.17. The van der Waals surface area contributed by atoms with Gasteiger partial charge in [0.1, 0.15) is 5.82 Å². The van der Waals surface area contributed by atoms with Gasteiger partial charge in [0.15, 0.2) is 0 Å². The van der Waals surface area contributed by atoms with Gasteiger partial charge in [0, 0.05) is 13.1 Å². The number of hydrogen-bond acceptors (Lipinski definition) is 2. The summed E-state index contributed by atoms with van der Waals surface area (Å²) in [5.41, 5.74) is 2.27. The molecule has 1 aromatic heterocycles. The lowest BCUT2D eigenvalue weighted by Gasteiger charge is -2.14. The molecule has 3 rings (SSSR count). The molecule has 1 atom stereocenters. The van der Waals surface area contributed by atoms with Crippen LogP contribution >= 0.6 is 11.6 Å². The van der Waals surface area contributed by atoms with E-state index in [0.717, 1.165) is 23.8 Å². The molecule has 1 aromatic carbocycles. The summed E-state index contributed by atoms with van der Waals surface area (Å²) in [6.45, 7) is 3.41. The maximum atomic E-state index is 6.02. The highest BCUT2D eigenvalue weighted by Gasteiger charge is 2.21. The molecule has 1 fully saturated rings. The quantitative estimate of drug-likeness (QED) is 0.794. The summed E-state index contributed by atoms with van der Waals surface area (Å²) in [6.07, 6.45) is 1.27. The number of hydrogen-bond donors (Lipinski definition) is 0. The van der Waals surface area contributed by atoms with E-state index < -0.39 is 0 Å². The van der Waals surface area contributed by atoms with Crippen molar-refractivity contribution in [1.82, 2.24) is 14.5 Å². The van der Waals surface area contributed by atoms with Gasteiger partial charge >= 0.3 is 0 Å². The summed E-state index contributed by atoms with van der Waals surface area (Å²) in [5.74, 6) is 2.19. The monoisotopic (exact) mass is 263 g/mol. The van der Waals surface area contributed by atoms with Gasteiger partial charge in [0.25, 0.3) is 0 Å². The van der Waals surface area contributed by atoms with E-state index in [-0.39, 0.29) is 0 Å². The molecule has 18 heavy (non-hydrogen) atoms. The number of nitrogens with zero attached hydrogens (tertiary/aromatic N) is 3. The van der Waals surface area contributed by atoms with Gasteiger partial charge in [-0.3, -0.25) is 0 Å². The van der Waals surface area contributed by atoms with Crippen LogP contribution in [0.5, 0.6) is 0 Å². The molecule has 0 spiro atoms. The van der Waals surface area contributed by atoms with Gasteiger partial charge in [-0.05, 0) is 38.1 Å². The Balaban J connectivity index is 1.94. The number of fused-ring (bicyclic) bond motifs is 1. The fourth-order valence-corrected chi connectivity index (χ4v) is 3.07. The third-order valence-electron chi connectivity index (χ3n) is 3.78. The summed E-state index contributed by atoms with van der Waals surface area (Å²) in [5, 5.41) is 0. The van der Waals surface area contributed by atoms with Gasteiger partial charge < -0.3 is 9.47 Å². The second-order valence-electron chi connectivity index (χ2n) is 5.18. The molecule has 0 radical (unpaired) electrons. The SMILES string of the molecule is CN1CCC(Cn2c(CCl)nc3ccccc32)C1. The minimum atomic E-state index is 0.483. The van der Waals surface area contributed by atoms with Crippen LogP contribution in [0.2, 0.25) is 0 Å². The molecule has 96 valence electrons. The zero-order chi connectivity index (χ0) is 12.5. The first kappa shape index (κ1) is 12.0. The molecule has 0 saturated carbocycles. The fraction of sp³-hybridized carbons (Fsp3) is 0.500. The smallest absolute Gasteiger partial charge is 0.124 e. The van der Waals surface area contributed by atoms with E-state index in [1.165, 1.54) is 25.0 Å². The predicted octanol–water partition coefficient (Wildman–Crippen LogP) is 2.73.